The van der Waals surface area contributed by atoms with Gasteiger partial charge in [0, 0.05) is 52.4 Å². The van der Waals surface area contributed by atoms with E-state index >= 15 is 0 Å². The molecule has 6 nitrogen and oxygen atoms in total. The first kappa shape index (κ1) is 19.0. The summed E-state index contributed by atoms with van der Waals surface area (Å²) >= 11 is 6.45. The summed E-state index contributed by atoms with van der Waals surface area (Å²) in [6.45, 7) is 3.12. The SMILES string of the molecule is CN(C)C(=O)C1CCN(c2ncc(C(=O)N3CCCCC3)cc2Cl)CC1. The molecule has 0 atom stereocenters. The van der Waals surface area contributed by atoms with Gasteiger partial charge in [-0.05, 0) is 38.2 Å². The van der Waals surface area contributed by atoms with E-state index in [-0.39, 0.29) is 17.7 Å². The van der Waals surface area contributed by atoms with Gasteiger partial charge >= 0.3 is 0 Å². The average Bonchev–Trinajstić information content (AvgIpc) is 2.67. The molecular weight excluding hydrogens is 352 g/mol. The van der Waals surface area contributed by atoms with E-state index in [0.29, 0.717) is 16.4 Å². The van der Waals surface area contributed by atoms with Gasteiger partial charge < -0.3 is 14.7 Å². The minimum atomic E-state index is 0.0148. The second-order valence-corrected chi connectivity index (χ2v) is 7.78. The highest BCUT2D eigenvalue weighted by Crippen LogP contribution is 2.29. The number of halogens is 1. The molecule has 2 aliphatic heterocycles. The summed E-state index contributed by atoms with van der Waals surface area (Å²) in [7, 11) is 3.59. The number of anilines is 1. The van der Waals surface area contributed by atoms with Gasteiger partial charge in [0.2, 0.25) is 5.91 Å². The Balaban J connectivity index is 1.65. The lowest BCUT2D eigenvalue weighted by Gasteiger charge is -2.33. The molecule has 2 amide bonds. The molecular formula is C19H27ClN4O2. The van der Waals surface area contributed by atoms with Crippen LogP contribution in [-0.4, -0.2) is 66.9 Å². The van der Waals surface area contributed by atoms with Crippen molar-refractivity contribution in [3.05, 3.63) is 22.8 Å². The molecule has 0 unspecified atom stereocenters. The number of hydrogen-bond acceptors (Lipinski definition) is 4. The van der Waals surface area contributed by atoms with Crippen LogP contribution in [0.3, 0.4) is 0 Å². The van der Waals surface area contributed by atoms with E-state index in [1.807, 2.05) is 4.90 Å². The van der Waals surface area contributed by atoms with Crippen LogP contribution in [0.15, 0.2) is 12.3 Å². The van der Waals surface area contributed by atoms with Crippen molar-refractivity contribution in [2.24, 2.45) is 5.92 Å². The van der Waals surface area contributed by atoms with E-state index in [2.05, 4.69) is 9.88 Å². The van der Waals surface area contributed by atoms with E-state index < -0.39 is 0 Å². The first-order valence-corrected chi connectivity index (χ1v) is 9.76. The summed E-state index contributed by atoms with van der Waals surface area (Å²) in [4.78, 5) is 34.8. The lowest BCUT2D eigenvalue weighted by atomic mass is 9.95. The van der Waals surface area contributed by atoms with Gasteiger partial charge in [0.05, 0.1) is 10.6 Å². The molecule has 1 aromatic heterocycles. The van der Waals surface area contributed by atoms with Gasteiger partial charge in [-0.2, -0.15) is 0 Å². The van der Waals surface area contributed by atoms with Crippen molar-refractivity contribution < 1.29 is 9.59 Å². The second-order valence-electron chi connectivity index (χ2n) is 7.38. The van der Waals surface area contributed by atoms with Crippen LogP contribution in [-0.2, 0) is 4.79 Å². The highest BCUT2D eigenvalue weighted by atomic mass is 35.5. The molecule has 3 heterocycles. The maximum absolute atomic E-state index is 12.6. The summed E-state index contributed by atoms with van der Waals surface area (Å²) in [6, 6.07) is 1.73. The Morgan fingerprint density at radius 2 is 1.77 bits per heavy atom. The topological polar surface area (TPSA) is 56.8 Å². The number of aromatic nitrogens is 1. The van der Waals surface area contributed by atoms with Crippen LogP contribution in [0.2, 0.25) is 5.02 Å². The molecule has 0 aromatic carbocycles. The van der Waals surface area contributed by atoms with E-state index in [1.54, 1.807) is 31.3 Å². The number of nitrogens with zero attached hydrogens (tertiary/aromatic N) is 4. The molecule has 0 bridgehead atoms. The standard InChI is InChI=1S/C19H27ClN4O2/c1-22(2)18(25)14-6-10-23(11-7-14)17-16(20)12-15(13-21-17)19(26)24-8-4-3-5-9-24/h12-14H,3-11H2,1-2H3. The predicted octanol–water partition coefficient (Wildman–Crippen LogP) is 2.67. The van der Waals surface area contributed by atoms with Crippen molar-refractivity contribution in [1.29, 1.82) is 0 Å². The Bertz CT molecular complexity index is 666. The third kappa shape index (κ3) is 4.11. The number of pyridine rings is 1. The quantitative estimate of drug-likeness (QED) is 0.811. The molecule has 7 heteroatoms. The van der Waals surface area contributed by atoms with Crippen molar-refractivity contribution in [3.8, 4) is 0 Å². The smallest absolute Gasteiger partial charge is 0.255 e. The molecule has 0 saturated carbocycles. The number of piperidine rings is 2. The molecule has 2 aliphatic rings. The van der Waals surface area contributed by atoms with Gasteiger partial charge in [-0.1, -0.05) is 11.6 Å². The lowest BCUT2D eigenvalue weighted by molar-refractivity contribution is -0.133. The fourth-order valence-electron chi connectivity index (χ4n) is 3.76. The fraction of sp³-hybridized carbons (Fsp3) is 0.632. The Hall–Kier alpha value is -1.82. The van der Waals surface area contributed by atoms with Crippen molar-refractivity contribution in [2.75, 3.05) is 45.2 Å². The summed E-state index contributed by atoms with van der Waals surface area (Å²) in [5.41, 5.74) is 0.554. The van der Waals surface area contributed by atoms with Crippen molar-refractivity contribution in [3.63, 3.8) is 0 Å². The van der Waals surface area contributed by atoms with Gasteiger partial charge in [0.1, 0.15) is 5.82 Å². The zero-order chi connectivity index (χ0) is 18.7. The molecule has 0 radical (unpaired) electrons. The minimum absolute atomic E-state index is 0.0148. The Morgan fingerprint density at radius 3 is 2.35 bits per heavy atom. The third-order valence-electron chi connectivity index (χ3n) is 5.30. The first-order chi connectivity index (χ1) is 12.5. The van der Waals surface area contributed by atoms with Crippen LogP contribution in [0.4, 0.5) is 5.82 Å². The molecule has 142 valence electrons. The zero-order valence-corrected chi connectivity index (χ0v) is 16.3. The third-order valence-corrected chi connectivity index (χ3v) is 5.57. The van der Waals surface area contributed by atoms with Crippen LogP contribution < -0.4 is 4.90 Å². The molecule has 3 rings (SSSR count). The largest absolute Gasteiger partial charge is 0.355 e. The number of carbonyl (C=O) groups is 2. The Morgan fingerprint density at radius 1 is 1.12 bits per heavy atom. The van der Waals surface area contributed by atoms with E-state index in [0.717, 1.165) is 51.9 Å². The summed E-state index contributed by atoms with van der Waals surface area (Å²) < 4.78 is 0. The molecule has 0 spiro atoms. The highest BCUT2D eigenvalue weighted by Gasteiger charge is 2.28. The second kappa shape index (κ2) is 8.25. The molecule has 0 N–H and O–H groups in total. The first-order valence-electron chi connectivity index (χ1n) is 9.38. The molecule has 2 saturated heterocycles. The van der Waals surface area contributed by atoms with Gasteiger partial charge in [-0.25, -0.2) is 4.98 Å². The Kier molecular flexibility index (Phi) is 6.01. The van der Waals surface area contributed by atoms with Crippen LogP contribution >= 0.6 is 11.6 Å². The van der Waals surface area contributed by atoms with Crippen LogP contribution in [0.1, 0.15) is 42.5 Å². The van der Waals surface area contributed by atoms with Gasteiger partial charge in [-0.15, -0.1) is 0 Å². The monoisotopic (exact) mass is 378 g/mol. The highest BCUT2D eigenvalue weighted by molar-refractivity contribution is 6.33. The van der Waals surface area contributed by atoms with Gasteiger partial charge in [-0.3, -0.25) is 9.59 Å². The van der Waals surface area contributed by atoms with Crippen molar-refractivity contribution in [1.82, 2.24) is 14.8 Å². The van der Waals surface area contributed by atoms with Crippen LogP contribution in [0.5, 0.6) is 0 Å². The van der Waals surface area contributed by atoms with Gasteiger partial charge in [0.25, 0.3) is 5.91 Å². The molecule has 0 aliphatic carbocycles. The maximum atomic E-state index is 12.6. The Labute approximate surface area is 160 Å². The zero-order valence-electron chi connectivity index (χ0n) is 15.6. The summed E-state index contributed by atoms with van der Waals surface area (Å²) in [5.74, 6) is 0.977. The number of carbonyl (C=O) groups excluding carboxylic acids is 2. The number of likely N-dealkylation sites (tertiary alicyclic amines) is 1. The normalized spacial score (nSPS) is 18.7. The van der Waals surface area contributed by atoms with Crippen LogP contribution in [0.25, 0.3) is 0 Å². The summed E-state index contributed by atoms with van der Waals surface area (Å²) in [6.07, 6.45) is 6.54. The molecule has 2 fully saturated rings. The van der Waals surface area contributed by atoms with Crippen LogP contribution in [0, 0.1) is 5.92 Å². The van der Waals surface area contributed by atoms with E-state index in [4.69, 9.17) is 11.6 Å². The minimum Gasteiger partial charge on any atom is -0.355 e. The number of rotatable bonds is 3. The average molecular weight is 379 g/mol. The lowest BCUT2D eigenvalue weighted by Crippen LogP contribution is -2.40. The summed E-state index contributed by atoms with van der Waals surface area (Å²) in [5, 5.41) is 0.505. The number of hydrogen-bond donors (Lipinski definition) is 0. The van der Waals surface area contributed by atoms with E-state index in [1.165, 1.54) is 6.42 Å². The van der Waals surface area contributed by atoms with Gasteiger partial charge in [0.15, 0.2) is 0 Å². The van der Waals surface area contributed by atoms with Crippen molar-refractivity contribution in [2.45, 2.75) is 32.1 Å². The molecule has 26 heavy (non-hydrogen) atoms. The fourth-order valence-corrected chi connectivity index (χ4v) is 4.05. The molecule has 1 aromatic rings. The predicted molar refractivity (Wildman–Crippen MR) is 103 cm³/mol. The number of amides is 2. The van der Waals surface area contributed by atoms with E-state index in [9.17, 15) is 9.59 Å². The maximum Gasteiger partial charge on any atom is 0.255 e. The van der Waals surface area contributed by atoms with Crippen molar-refractivity contribution >= 4 is 29.2 Å².